The number of nitro groups is 1. The molecule has 0 unspecified atom stereocenters. The normalized spacial score (nSPS) is 10.2. The number of rotatable bonds is 3. The third kappa shape index (κ3) is 2.56. The van der Waals surface area contributed by atoms with E-state index in [4.69, 9.17) is 0 Å². The molecule has 86 valence electrons. The maximum Gasteiger partial charge on any atom is 0.282 e. The van der Waals surface area contributed by atoms with Crippen LogP contribution in [0.15, 0.2) is 18.2 Å². The molecule has 1 rings (SSSR count). The van der Waals surface area contributed by atoms with Crippen LogP contribution in [0.5, 0.6) is 0 Å². The third-order valence-electron chi connectivity index (χ3n) is 2.09. The Kier molecular flexibility index (Phi) is 3.60. The van der Waals surface area contributed by atoms with Gasteiger partial charge in [-0.2, -0.15) is 0 Å². The van der Waals surface area contributed by atoms with Crippen molar-refractivity contribution in [1.82, 2.24) is 5.32 Å². The summed E-state index contributed by atoms with van der Waals surface area (Å²) in [5, 5.41) is 13.4. The monoisotopic (exact) mass is 222 g/mol. The Balaban J connectivity index is 3.20. The van der Waals surface area contributed by atoms with Gasteiger partial charge in [0.25, 0.3) is 11.6 Å². The highest BCUT2D eigenvalue weighted by molar-refractivity contribution is 5.99. The van der Waals surface area contributed by atoms with Gasteiger partial charge in [-0.25, -0.2) is 0 Å². The minimum atomic E-state index is -0.539. The van der Waals surface area contributed by atoms with Crippen LogP contribution in [-0.4, -0.2) is 16.9 Å². The van der Waals surface area contributed by atoms with E-state index in [1.807, 2.05) is 13.8 Å². The molecule has 0 spiro atoms. The van der Waals surface area contributed by atoms with Crippen LogP contribution in [0.4, 0.5) is 5.69 Å². The first-order valence-electron chi connectivity index (χ1n) is 4.98. The summed E-state index contributed by atoms with van der Waals surface area (Å²) in [6.07, 6.45) is 0. The van der Waals surface area contributed by atoms with Crippen molar-refractivity contribution in [3.63, 3.8) is 0 Å². The van der Waals surface area contributed by atoms with Gasteiger partial charge in [0.2, 0.25) is 0 Å². The smallest absolute Gasteiger partial charge is 0.282 e. The quantitative estimate of drug-likeness (QED) is 0.628. The number of benzene rings is 1. The number of hydrogen-bond donors (Lipinski definition) is 1. The zero-order valence-corrected chi connectivity index (χ0v) is 9.48. The summed E-state index contributed by atoms with van der Waals surface area (Å²) >= 11 is 0. The van der Waals surface area contributed by atoms with Crippen LogP contribution < -0.4 is 5.32 Å². The molecule has 0 fully saturated rings. The fraction of sp³-hybridized carbons (Fsp3) is 0.364. The van der Waals surface area contributed by atoms with E-state index in [0.29, 0.717) is 5.56 Å². The summed E-state index contributed by atoms with van der Waals surface area (Å²) in [5.41, 5.74) is 0.590. The van der Waals surface area contributed by atoms with Gasteiger partial charge in [0.05, 0.1) is 4.92 Å². The lowest BCUT2D eigenvalue weighted by Crippen LogP contribution is -2.31. The number of carbonyl (C=O) groups excluding carboxylic acids is 1. The molecule has 0 bridgehead atoms. The van der Waals surface area contributed by atoms with Crippen molar-refractivity contribution in [2.24, 2.45) is 0 Å². The van der Waals surface area contributed by atoms with Crippen LogP contribution in [-0.2, 0) is 0 Å². The van der Waals surface area contributed by atoms with Crippen LogP contribution in [0.25, 0.3) is 0 Å². The zero-order chi connectivity index (χ0) is 12.3. The SMILES string of the molecule is Cc1cccc([N+](=O)[O-])c1C(=O)NC(C)C. The summed E-state index contributed by atoms with van der Waals surface area (Å²) < 4.78 is 0. The van der Waals surface area contributed by atoms with Gasteiger partial charge in [-0.15, -0.1) is 0 Å². The molecule has 5 heteroatoms. The van der Waals surface area contributed by atoms with E-state index in [1.165, 1.54) is 6.07 Å². The lowest BCUT2D eigenvalue weighted by atomic mass is 10.1. The number of hydrogen-bond acceptors (Lipinski definition) is 3. The lowest BCUT2D eigenvalue weighted by molar-refractivity contribution is -0.385. The molecule has 1 aromatic carbocycles. The van der Waals surface area contributed by atoms with Crippen LogP contribution in [0.2, 0.25) is 0 Å². The number of amides is 1. The molecule has 0 aliphatic heterocycles. The van der Waals surface area contributed by atoms with Gasteiger partial charge in [0, 0.05) is 12.1 Å². The summed E-state index contributed by atoms with van der Waals surface area (Å²) in [6.45, 7) is 5.30. The van der Waals surface area contributed by atoms with Crippen molar-refractivity contribution in [1.29, 1.82) is 0 Å². The number of carbonyl (C=O) groups is 1. The average Bonchev–Trinajstić information content (AvgIpc) is 2.15. The summed E-state index contributed by atoms with van der Waals surface area (Å²) in [4.78, 5) is 22.0. The van der Waals surface area contributed by atoms with E-state index in [2.05, 4.69) is 5.32 Å². The Bertz CT molecular complexity index is 427. The zero-order valence-electron chi connectivity index (χ0n) is 9.48. The first-order chi connectivity index (χ1) is 7.43. The maximum absolute atomic E-state index is 11.8. The minimum Gasteiger partial charge on any atom is -0.350 e. The van der Waals surface area contributed by atoms with Crippen molar-refractivity contribution in [2.75, 3.05) is 0 Å². The lowest BCUT2D eigenvalue weighted by Gasteiger charge is -2.10. The molecule has 0 heterocycles. The van der Waals surface area contributed by atoms with Gasteiger partial charge in [0.1, 0.15) is 5.56 Å². The van der Waals surface area contributed by atoms with Crippen LogP contribution >= 0.6 is 0 Å². The summed E-state index contributed by atoms with van der Waals surface area (Å²) in [6, 6.07) is 4.54. The average molecular weight is 222 g/mol. The minimum absolute atomic E-state index is 0.0493. The molecule has 5 nitrogen and oxygen atoms in total. The molecular formula is C11H14N2O3. The Morgan fingerprint density at radius 2 is 2.06 bits per heavy atom. The second-order valence-corrected chi connectivity index (χ2v) is 3.85. The number of nitrogens with one attached hydrogen (secondary N) is 1. The highest BCUT2D eigenvalue weighted by atomic mass is 16.6. The van der Waals surface area contributed by atoms with Crippen molar-refractivity contribution < 1.29 is 9.72 Å². The standard InChI is InChI=1S/C11H14N2O3/c1-7(2)12-11(14)10-8(3)5-4-6-9(10)13(15)16/h4-7H,1-3H3,(H,12,14). The van der Waals surface area contributed by atoms with Crippen LogP contribution in [0.1, 0.15) is 29.8 Å². The van der Waals surface area contributed by atoms with Gasteiger partial charge in [-0.1, -0.05) is 12.1 Å². The predicted molar refractivity (Wildman–Crippen MR) is 60.4 cm³/mol. The van der Waals surface area contributed by atoms with Gasteiger partial charge < -0.3 is 5.32 Å². The Hall–Kier alpha value is -1.91. The number of nitro benzene ring substituents is 1. The van der Waals surface area contributed by atoms with Gasteiger partial charge >= 0.3 is 0 Å². The van der Waals surface area contributed by atoms with Crippen molar-refractivity contribution >= 4 is 11.6 Å². The van der Waals surface area contributed by atoms with Crippen molar-refractivity contribution in [3.8, 4) is 0 Å². The van der Waals surface area contributed by atoms with Crippen molar-refractivity contribution in [3.05, 3.63) is 39.4 Å². The third-order valence-corrected chi connectivity index (χ3v) is 2.09. The second-order valence-electron chi connectivity index (χ2n) is 3.85. The van der Waals surface area contributed by atoms with E-state index in [-0.39, 0.29) is 17.3 Å². The van der Waals surface area contributed by atoms with E-state index in [9.17, 15) is 14.9 Å². The highest BCUT2D eigenvalue weighted by Gasteiger charge is 2.22. The largest absolute Gasteiger partial charge is 0.350 e. The first kappa shape index (κ1) is 12.2. The second kappa shape index (κ2) is 4.74. The summed E-state index contributed by atoms with van der Waals surface area (Å²) in [5.74, 6) is -0.403. The molecule has 0 saturated heterocycles. The fourth-order valence-corrected chi connectivity index (χ4v) is 1.43. The van der Waals surface area contributed by atoms with Crippen LogP contribution in [0.3, 0.4) is 0 Å². The van der Waals surface area contributed by atoms with E-state index in [1.54, 1.807) is 19.1 Å². The number of aryl methyl sites for hydroxylation is 1. The van der Waals surface area contributed by atoms with Crippen molar-refractivity contribution in [2.45, 2.75) is 26.8 Å². The molecule has 0 radical (unpaired) electrons. The Morgan fingerprint density at radius 3 is 2.56 bits per heavy atom. The molecule has 0 aliphatic rings. The molecule has 0 atom stereocenters. The first-order valence-corrected chi connectivity index (χ1v) is 4.98. The topological polar surface area (TPSA) is 72.2 Å². The molecule has 1 N–H and O–H groups in total. The predicted octanol–water partition coefficient (Wildman–Crippen LogP) is 2.04. The van der Waals surface area contributed by atoms with Gasteiger partial charge in [-0.3, -0.25) is 14.9 Å². The van der Waals surface area contributed by atoms with E-state index >= 15 is 0 Å². The van der Waals surface area contributed by atoms with Gasteiger partial charge in [0.15, 0.2) is 0 Å². The Labute approximate surface area is 93.6 Å². The fourth-order valence-electron chi connectivity index (χ4n) is 1.43. The van der Waals surface area contributed by atoms with Crippen LogP contribution in [0, 0.1) is 17.0 Å². The molecule has 1 aromatic rings. The Morgan fingerprint density at radius 1 is 1.44 bits per heavy atom. The van der Waals surface area contributed by atoms with E-state index < -0.39 is 10.8 Å². The molecular weight excluding hydrogens is 208 g/mol. The summed E-state index contributed by atoms with van der Waals surface area (Å²) in [7, 11) is 0. The van der Waals surface area contributed by atoms with E-state index in [0.717, 1.165) is 0 Å². The molecule has 1 amide bonds. The van der Waals surface area contributed by atoms with Gasteiger partial charge in [-0.05, 0) is 26.3 Å². The number of nitrogens with zero attached hydrogens (tertiary/aromatic N) is 1. The maximum atomic E-state index is 11.8. The molecule has 16 heavy (non-hydrogen) atoms. The highest BCUT2D eigenvalue weighted by Crippen LogP contribution is 2.21. The molecule has 0 aliphatic carbocycles. The molecule has 0 saturated carbocycles. The molecule has 0 aromatic heterocycles.